The second kappa shape index (κ2) is 13.4. The topological polar surface area (TPSA) is 61.5 Å². The zero-order valence-corrected chi connectivity index (χ0v) is 24.1. The average molecular weight is 551 g/mol. The van der Waals surface area contributed by atoms with Gasteiger partial charge >= 0.3 is 0 Å². The van der Waals surface area contributed by atoms with Gasteiger partial charge in [-0.2, -0.15) is 0 Å². The number of aryl methyl sites for hydroxylation is 1. The van der Waals surface area contributed by atoms with E-state index in [2.05, 4.69) is 62.8 Å². The number of imidazole rings is 1. The van der Waals surface area contributed by atoms with Crippen molar-refractivity contribution in [2.75, 3.05) is 33.9 Å². The van der Waals surface area contributed by atoms with Gasteiger partial charge in [-0.05, 0) is 35.2 Å². The Hall–Kier alpha value is -4.20. The molecule has 5 rings (SSSR count). The van der Waals surface area contributed by atoms with Crippen LogP contribution >= 0.6 is 0 Å². The molecule has 5 aromatic rings. The summed E-state index contributed by atoms with van der Waals surface area (Å²) in [5.41, 5.74) is 4.92. The summed E-state index contributed by atoms with van der Waals surface area (Å²) in [7, 11) is 3.47. The summed E-state index contributed by atoms with van der Waals surface area (Å²) in [5.74, 6) is 0.948. The average Bonchev–Trinajstić information content (AvgIpc) is 3.58. The maximum atomic E-state index is 13.6. The van der Waals surface area contributed by atoms with E-state index < -0.39 is 0 Å². The third-order valence-corrected chi connectivity index (χ3v) is 7.43. The van der Waals surface area contributed by atoms with Gasteiger partial charge in [0.2, 0.25) is 0 Å². The summed E-state index contributed by atoms with van der Waals surface area (Å²) in [6.45, 7) is 5.76. The molecule has 41 heavy (non-hydrogen) atoms. The third kappa shape index (κ3) is 6.76. The van der Waals surface area contributed by atoms with E-state index in [0.717, 1.165) is 46.4 Å². The van der Waals surface area contributed by atoms with Gasteiger partial charge in [0, 0.05) is 51.8 Å². The van der Waals surface area contributed by atoms with Crippen LogP contribution in [0.2, 0.25) is 0 Å². The predicted octanol–water partition coefficient (Wildman–Crippen LogP) is 6.19. The summed E-state index contributed by atoms with van der Waals surface area (Å²) in [4.78, 5) is 20.0. The van der Waals surface area contributed by atoms with E-state index in [9.17, 15) is 4.79 Å². The van der Waals surface area contributed by atoms with Crippen molar-refractivity contribution in [2.24, 2.45) is 0 Å². The summed E-state index contributed by atoms with van der Waals surface area (Å²) in [6, 6.07) is 24.8. The molecule has 0 aliphatic carbocycles. The molecule has 0 bridgehead atoms. The molecular weight excluding hydrogens is 512 g/mol. The van der Waals surface area contributed by atoms with Gasteiger partial charge in [0.25, 0.3) is 5.91 Å². The lowest BCUT2D eigenvalue weighted by Crippen LogP contribution is -2.30. The lowest BCUT2D eigenvalue weighted by atomic mass is 9.97. The van der Waals surface area contributed by atoms with Crippen LogP contribution in [0.4, 0.5) is 0 Å². The van der Waals surface area contributed by atoms with Gasteiger partial charge in [-0.15, -0.1) is 0 Å². The minimum Gasteiger partial charge on any atom is -0.383 e. The molecule has 0 unspecified atom stereocenters. The predicted molar refractivity (Wildman–Crippen MR) is 163 cm³/mol. The van der Waals surface area contributed by atoms with Crippen LogP contribution in [0.5, 0.6) is 0 Å². The molecule has 1 amide bonds. The fraction of sp³-hybridized carbons (Fsp3) is 0.294. The molecule has 0 spiro atoms. The lowest BCUT2D eigenvalue weighted by Gasteiger charge is -2.17. The first-order chi connectivity index (χ1) is 20.0. The fourth-order valence-electron chi connectivity index (χ4n) is 5.20. The second-order valence-corrected chi connectivity index (χ2v) is 10.3. The molecule has 7 heteroatoms. The molecule has 0 fully saturated rings. The Morgan fingerprint density at radius 2 is 1.71 bits per heavy atom. The van der Waals surface area contributed by atoms with Crippen molar-refractivity contribution in [3.8, 4) is 11.1 Å². The van der Waals surface area contributed by atoms with E-state index in [0.29, 0.717) is 38.5 Å². The molecule has 0 radical (unpaired) electrons. The van der Waals surface area contributed by atoms with E-state index in [1.54, 1.807) is 12.0 Å². The number of aromatic nitrogens is 3. The molecule has 0 saturated heterocycles. The number of hydrogen-bond acceptors (Lipinski definition) is 4. The van der Waals surface area contributed by atoms with E-state index in [1.807, 2.05) is 56.7 Å². The summed E-state index contributed by atoms with van der Waals surface area (Å²) >= 11 is 0. The van der Waals surface area contributed by atoms with E-state index >= 15 is 0 Å². The normalized spacial score (nSPS) is 11.3. The van der Waals surface area contributed by atoms with Gasteiger partial charge < -0.3 is 23.5 Å². The molecule has 0 N–H and O–H groups in total. The zero-order valence-electron chi connectivity index (χ0n) is 24.1. The largest absolute Gasteiger partial charge is 0.383 e. The highest BCUT2D eigenvalue weighted by Crippen LogP contribution is 2.32. The van der Waals surface area contributed by atoms with Crippen LogP contribution in [0, 0.1) is 6.92 Å². The summed E-state index contributed by atoms with van der Waals surface area (Å²) < 4.78 is 15.5. The maximum absolute atomic E-state index is 13.6. The molecule has 0 aliphatic heterocycles. The van der Waals surface area contributed by atoms with Gasteiger partial charge in [-0.1, -0.05) is 72.8 Å². The Morgan fingerprint density at radius 3 is 2.54 bits per heavy atom. The van der Waals surface area contributed by atoms with E-state index in [4.69, 9.17) is 9.47 Å². The van der Waals surface area contributed by atoms with Crippen LogP contribution in [-0.2, 0) is 29.2 Å². The first-order valence-electron chi connectivity index (χ1n) is 14.1. The number of amides is 1. The molecule has 2 heterocycles. The quantitative estimate of drug-likeness (QED) is 0.164. The van der Waals surface area contributed by atoms with Crippen molar-refractivity contribution in [1.82, 2.24) is 19.0 Å². The van der Waals surface area contributed by atoms with Gasteiger partial charge in [0.15, 0.2) is 0 Å². The lowest BCUT2D eigenvalue weighted by molar-refractivity contribution is 0.0745. The maximum Gasteiger partial charge on any atom is 0.255 e. The van der Waals surface area contributed by atoms with Crippen LogP contribution in [0.3, 0.4) is 0 Å². The summed E-state index contributed by atoms with van der Waals surface area (Å²) in [6.07, 6.45) is 6.88. The Morgan fingerprint density at radius 1 is 0.927 bits per heavy atom. The molecule has 0 saturated carbocycles. The number of methoxy groups -OCH3 is 1. The monoisotopic (exact) mass is 550 g/mol. The molecule has 2 aromatic heterocycles. The molecular formula is C34H38N4O3. The number of nitrogens with zero attached hydrogens (tertiary/aromatic N) is 4. The van der Waals surface area contributed by atoms with Crippen molar-refractivity contribution in [3.05, 3.63) is 114 Å². The zero-order chi connectivity index (χ0) is 28.6. The van der Waals surface area contributed by atoms with E-state index in [-0.39, 0.29) is 5.91 Å². The third-order valence-electron chi connectivity index (χ3n) is 7.43. The minimum atomic E-state index is -0.0241. The molecule has 7 nitrogen and oxygen atoms in total. The van der Waals surface area contributed by atoms with Crippen molar-refractivity contribution in [1.29, 1.82) is 0 Å². The number of carbonyl (C=O) groups is 1. The van der Waals surface area contributed by atoms with Gasteiger partial charge in [-0.3, -0.25) is 4.79 Å². The van der Waals surface area contributed by atoms with Gasteiger partial charge in [-0.25, -0.2) is 4.98 Å². The Labute approximate surface area is 242 Å². The smallest absolute Gasteiger partial charge is 0.255 e. The highest BCUT2D eigenvalue weighted by Gasteiger charge is 2.21. The fourth-order valence-corrected chi connectivity index (χ4v) is 5.20. The van der Waals surface area contributed by atoms with Gasteiger partial charge in [0.05, 0.1) is 37.2 Å². The second-order valence-electron chi connectivity index (χ2n) is 10.3. The number of likely N-dealkylation sites (N-methyl/N-ethyl adjacent to an activating group) is 1. The van der Waals surface area contributed by atoms with Crippen LogP contribution < -0.4 is 0 Å². The molecule has 212 valence electrons. The van der Waals surface area contributed by atoms with Crippen molar-refractivity contribution >= 4 is 16.7 Å². The Balaban J connectivity index is 1.37. The van der Waals surface area contributed by atoms with Crippen molar-refractivity contribution in [2.45, 2.75) is 33.0 Å². The number of fused-ring (bicyclic) bond motifs is 1. The summed E-state index contributed by atoms with van der Waals surface area (Å²) in [5, 5.41) is 2.27. The number of hydrogen-bond donors (Lipinski definition) is 0. The van der Waals surface area contributed by atoms with E-state index in [1.165, 1.54) is 5.56 Å². The highest BCUT2D eigenvalue weighted by molar-refractivity contribution is 6.05. The Bertz CT molecular complexity index is 1580. The molecule has 3 aromatic carbocycles. The number of rotatable bonds is 13. The first-order valence-corrected chi connectivity index (χ1v) is 14.1. The number of carbonyl (C=O) groups excluding carboxylic acids is 1. The molecule has 0 atom stereocenters. The number of benzene rings is 3. The Kier molecular flexibility index (Phi) is 9.29. The molecule has 0 aliphatic rings. The van der Waals surface area contributed by atoms with Gasteiger partial charge in [0.1, 0.15) is 5.82 Å². The van der Waals surface area contributed by atoms with Crippen molar-refractivity contribution < 1.29 is 14.3 Å². The number of ether oxygens (including phenoxy) is 2. The van der Waals surface area contributed by atoms with Crippen LogP contribution in [0.25, 0.3) is 21.9 Å². The first kappa shape index (κ1) is 28.3. The SMILES string of the molecule is COCCN(C)C(=O)c1cn(Cc2cnc(C)n2CCCOCc2ccccc2)cc1-c1cccc2ccccc12. The highest BCUT2D eigenvalue weighted by atomic mass is 16.5. The van der Waals surface area contributed by atoms with Crippen LogP contribution in [0.15, 0.2) is 91.4 Å². The standard InChI is InChI=1S/C34H38N4O3/c1-26-35-21-29(38(26)17-10-19-41-25-27-11-5-4-6-12-27)22-37-23-32(33(24-37)34(39)36(2)18-20-40-3)31-16-9-14-28-13-7-8-15-30(28)31/h4-9,11-16,21,23-24H,10,17-20,22,25H2,1-3H3. The minimum absolute atomic E-state index is 0.0241. The van der Waals surface area contributed by atoms with Crippen molar-refractivity contribution in [3.63, 3.8) is 0 Å². The van der Waals surface area contributed by atoms with Crippen LogP contribution in [-0.4, -0.2) is 58.8 Å². The van der Waals surface area contributed by atoms with Crippen LogP contribution in [0.1, 0.15) is 33.9 Å².